The minimum Gasteiger partial charge on any atom is -0.324 e. The minimum atomic E-state index is -4.02. The van der Waals surface area contributed by atoms with Crippen LogP contribution in [0.15, 0.2) is 60.7 Å². The Morgan fingerprint density at radius 2 is 0.673 bits per heavy atom. The Kier molecular flexibility index (Phi) is 30.5. The largest absolute Gasteiger partial charge is 0.328 e. The van der Waals surface area contributed by atoms with Crippen LogP contribution in [-0.2, 0) is 41.4 Å². The number of unbranched alkanes of at least 4 members (excludes halogenated alkanes) is 18. The average molecular weight is 774 g/mol. The molecule has 6 nitrogen and oxygen atoms in total. The van der Waals surface area contributed by atoms with Crippen LogP contribution in [0, 0.1) is 0 Å². The van der Waals surface area contributed by atoms with Crippen LogP contribution >= 0.6 is 15.2 Å². The van der Waals surface area contributed by atoms with Crippen molar-refractivity contribution in [1.29, 1.82) is 0 Å². The van der Waals surface area contributed by atoms with Gasteiger partial charge < -0.3 is 19.6 Å². The molecule has 0 aliphatic rings. The van der Waals surface area contributed by atoms with E-state index in [4.69, 9.17) is 0 Å². The summed E-state index contributed by atoms with van der Waals surface area (Å²) in [6.45, 7) is 4.48. The summed E-state index contributed by atoms with van der Waals surface area (Å²) in [7, 11) is -8.04. The second kappa shape index (κ2) is 30.9. The first-order valence-electron chi connectivity index (χ1n) is 19.3. The zero-order valence-corrected chi connectivity index (χ0v) is 35.9. The first kappa shape index (κ1) is 48.4. The van der Waals surface area contributed by atoms with Gasteiger partial charge in [0.25, 0.3) is 0 Å². The van der Waals surface area contributed by atoms with Crippen molar-refractivity contribution in [1.82, 2.24) is 0 Å². The summed E-state index contributed by atoms with van der Waals surface area (Å²) < 4.78 is 23.4. The van der Waals surface area contributed by atoms with Crippen LogP contribution in [-0.4, -0.2) is 30.9 Å². The van der Waals surface area contributed by atoms with Crippen molar-refractivity contribution in [3.63, 3.8) is 0 Å². The molecule has 2 unspecified atom stereocenters. The van der Waals surface area contributed by atoms with Gasteiger partial charge in [-0.3, -0.25) is 9.13 Å². The third-order valence-electron chi connectivity index (χ3n) is 9.36. The van der Waals surface area contributed by atoms with Crippen molar-refractivity contribution in [3.05, 3.63) is 71.8 Å². The first-order valence-corrected chi connectivity index (χ1v) is 22.6. The Labute approximate surface area is 313 Å². The number of hydrogen-bond donors (Lipinski definition) is 4. The summed E-state index contributed by atoms with van der Waals surface area (Å²) in [5.74, 6) is 0. The molecule has 0 aromatic heterocycles. The fourth-order valence-electron chi connectivity index (χ4n) is 6.29. The Bertz CT molecular complexity index is 1000. The number of benzene rings is 2. The van der Waals surface area contributed by atoms with Gasteiger partial charge in [0, 0.05) is 19.5 Å². The van der Waals surface area contributed by atoms with E-state index in [1.165, 1.54) is 103 Å². The molecular formula is C40H70O6P2Zn. The molecule has 0 aliphatic heterocycles. The van der Waals surface area contributed by atoms with Crippen LogP contribution < -0.4 is 0 Å². The van der Waals surface area contributed by atoms with Gasteiger partial charge in [-0.25, -0.2) is 0 Å². The molecule has 2 aromatic carbocycles. The maximum atomic E-state index is 11.7. The van der Waals surface area contributed by atoms with Gasteiger partial charge in [-0.2, -0.15) is 0 Å². The minimum absolute atomic E-state index is 0. The number of hydrogen-bond acceptors (Lipinski definition) is 2. The molecule has 0 bridgehead atoms. The molecular weight excluding hydrogens is 704 g/mol. The van der Waals surface area contributed by atoms with E-state index < -0.39 is 26.5 Å². The predicted molar refractivity (Wildman–Crippen MR) is 205 cm³/mol. The molecule has 0 fully saturated rings. The van der Waals surface area contributed by atoms with Gasteiger partial charge in [-0.1, -0.05) is 203 Å². The molecule has 0 saturated carbocycles. The van der Waals surface area contributed by atoms with Crippen LogP contribution in [0.3, 0.4) is 0 Å². The molecule has 9 heteroatoms. The molecule has 0 radical (unpaired) electrons. The first-order chi connectivity index (χ1) is 23.1. The van der Waals surface area contributed by atoms with E-state index in [-0.39, 0.29) is 19.5 Å². The smallest absolute Gasteiger partial charge is 0.324 e. The van der Waals surface area contributed by atoms with Crippen molar-refractivity contribution < 1.29 is 48.2 Å². The van der Waals surface area contributed by atoms with Gasteiger partial charge in [0.2, 0.25) is 0 Å². The second-order valence-electron chi connectivity index (χ2n) is 13.8. The molecule has 0 spiro atoms. The summed E-state index contributed by atoms with van der Waals surface area (Å²) in [5, 5.41) is 0. The SMILES string of the molecule is CCCCCCCCCCCCC(Cc1ccccc1)P(=O)(O)O.CCCCCCCCCCCCC(Cc1ccccc1)P(=O)(O)O.[Zn]. The summed E-state index contributed by atoms with van der Waals surface area (Å²) in [6.07, 6.45) is 27.1. The van der Waals surface area contributed by atoms with E-state index in [2.05, 4.69) is 13.8 Å². The quantitative estimate of drug-likeness (QED) is 0.0389. The summed E-state index contributed by atoms with van der Waals surface area (Å²) in [4.78, 5) is 38.4. The normalized spacial score (nSPS) is 12.9. The molecule has 0 amide bonds. The number of rotatable bonds is 28. The molecule has 0 aliphatic carbocycles. The van der Waals surface area contributed by atoms with Crippen LogP contribution in [0.5, 0.6) is 0 Å². The molecule has 0 saturated heterocycles. The van der Waals surface area contributed by atoms with Crippen LogP contribution in [0.4, 0.5) is 0 Å². The summed E-state index contributed by atoms with van der Waals surface area (Å²) in [6, 6.07) is 19.3. The van der Waals surface area contributed by atoms with Gasteiger partial charge in [0.05, 0.1) is 11.3 Å². The molecule has 278 valence electrons. The van der Waals surface area contributed by atoms with Crippen LogP contribution in [0.25, 0.3) is 0 Å². The van der Waals surface area contributed by atoms with Crippen molar-refractivity contribution in [2.75, 3.05) is 0 Å². The standard InChI is InChI=1S/2C20H35O3P.Zn/c2*1-2-3-4-5-6-7-8-9-10-14-17-20(24(21,22)23)18-19-15-12-11-13-16-19;/h2*11-13,15-16,20H,2-10,14,17-18H2,1H3,(H2,21,22,23);. The second-order valence-corrected chi connectivity index (χ2v) is 17.6. The monoisotopic (exact) mass is 772 g/mol. The van der Waals surface area contributed by atoms with Crippen molar-refractivity contribution in [2.45, 2.75) is 179 Å². The third kappa shape index (κ3) is 27.7. The van der Waals surface area contributed by atoms with Gasteiger partial charge in [0.15, 0.2) is 0 Å². The van der Waals surface area contributed by atoms with E-state index in [1.54, 1.807) is 0 Å². The van der Waals surface area contributed by atoms with E-state index in [0.717, 1.165) is 36.8 Å². The van der Waals surface area contributed by atoms with Crippen molar-refractivity contribution >= 4 is 15.2 Å². The molecule has 2 atom stereocenters. The van der Waals surface area contributed by atoms with E-state index >= 15 is 0 Å². The van der Waals surface area contributed by atoms with E-state index in [0.29, 0.717) is 25.7 Å². The fraction of sp³-hybridized carbons (Fsp3) is 0.700. The zero-order valence-electron chi connectivity index (χ0n) is 31.1. The Hall–Kier alpha value is -0.637. The topological polar surface area (TPSA) is 115 Å². The van der Waals surface area contributed by atoms with E-state index in [9.17, 15) is 28.7 Å². The van der Waals surface area contributed by atoms with Gasteiger partial charge in [-0.05, 0) is 36.8 Å². The van der Waals surface area contributed by atoms with E-state index in [1.807, 2.05) is 60.7 Å². The van der Waals surface area contributed by atoms with Gasteiger partial charge in [-0.15, -0.1) is 0 Å². The molecule has 0 heterocycles. The molecule has 49 heavy (non-hydrogen) atoms. The maximum Gasteiger partial charge on any atom is 0.328 e. The van der Waals surface area contributed by atoms with Crippen molar-refractivity contribution in [2.24, 2.45) is 0 Å². The summed E-state index contributed by atoms with van der Waals surface area (Å²) in [5.41, 5.74) is 0.957. The van der Waals surface area contributed by atoms with Gasteiger partial charge >= 0.3 is 15.2 Å². The Balaban J connectivity index is 0.000000922. The van der Waals surface area contributed by atoms with Crippen molar-refractivity contribution in [3.8, 4) is 0 Å². The molecule has 2 rings (SSSR count). The Morgan fingerprint density at radius 1 is 0.429 bits per heavy atom. The van der Waals surface area contributed by atoms with Crippen LogP contribution in [0.1, 0.15) is 166 Å². The predicted octanol–water partition coefficient (Wildman–Crippen LogP) is 12.2. The fourth-order valence-corrected chi connectivity index (χ4v) is 8.22. The summed E-state index contributed by atoms with van der Waals surface area (Å²) >= 11 is 0. The average Bonchev–Trinajstić information content (AvgIpc) is 3.05. The van der Waals surface area contributed by atoms with Gasteiger partial charge in [0.1, 0.15) is 0 Å². The Morgan fingerprint density at radius 3 is 0.918 bits per heavy atom. The molecule has 2 aromatic rings. The maximum absolute atomic E-state index is 11.7. The third-order valence-corrected chi connectivity index (χ3v) is 12.1. The zero-order chi connectivity index (χ0) is 35.4. The molecule has 4 N–H and O–H groups in total. The van der Waals surface area contributed by atoms with Crippen LogP contribution in [0.2, 0.25) is 0 Å².